The molecule has 2 rings (SSSR count). The fourth-order valence-corrected chi connectivity index (χ4v) is 1.96. The summed E-state index contributed by atoms with van der Waals surface area (Å²) in [5.74, 6) is 0.0418. The van der Waals surface area contributed by atoms with E-state index in [2.05, 4.69) is 0 Å². The molecule has 0 radical (unpaired) electrons. The Labute approximate surface area is 122 Å². The SMILES string of the molecule is CCC(Oc1ccc(Cl)cc1C1OC=CO1)C(=O)OC. The van der Waals surface area contributed by atoms with Gasteiger partial charge in [-0.15, -0.1) is 0 Å². The van der Waals surface area contributed by atoms with Gasteiger partial charge in [0.25, 0.3) is 6.29 Å². The van der Waals surface area contributed by atoms with E-state index in [1.54, 1.807) is 18.2 Å². The first-order valence-electron chi connectivity index (χ1n) is 6.15. The zero-order valence-electron chi connectivity index (χ0n) is 11.2. The molecule has 5 nitrogen and oxygen atoms in total. The molecule has 108 valence electrons. The summed E-state index contributed by atoms with van der Waals surface area (Å²) in [4.78, 5) is 11.6. The van der Waals surface area contributed by atoms with E-state index in [1.165, 1.54) is 19.6 Å². The van der Waals surface area contributed by atoms with Crippen molar-refractivity contribution >= 4 is 17.6 Å². The van der Waals surface area contributed by atoms with Gasteiger partial charge in [-0.1, -0.05) is 18.5 Å². The van der Waals surface area contributed by atoms with Crippen LogP contribution in [0.25, 0.3) is 0 Å². The zero-order chi connectivity index (χ0) is 14.5. The third-order valence-electron chi connectivity index (χ3n) is 2.79. The Balaban J connectivity index is 2.24. The first-order chi connectivity index (χ1) is 9.65. The van der Waals surface area contributed by atoms with Gasteiger partial charge in [-0.05, 0) is 24.6 Å². The minimum absolute atomic E-state index is 0.431. The summed E-state index contributed by atoms with van der Waals surface area (Å²) in [7, 11) is 1.32. The Bertz CT molecular complexity index is 506. The highest BCUT2D eigenvalue weighted by atomic mass is 35.5. The summed E-state index contributed by atoms with van der Waals surface area (Å²) < 4.78 is 21.0. The Hall–Kier alpha value is -1.88. The molecule has 0 saturated carbocycles. The molecule has 1 heterocycles. The number of rotatable bonds is 5. The fraction of sp³-hybridized carbons (Fsp3) is 0.357. The molecule has 1 aliphatic rings. The highest BCUT2D eigenvalue weighted by Gasteiger charge is 2.25. The monoisotopic (exact) mass is 298 g/mol. The van der Waals surface area contributed by atoms with Crippen molar-refractivity contribution in [3.8, 4) is 5.75 Å². The Morgan fingerprint density at radius 2 is 2.10 bits per heavy atom. The van der Waals surface area contributed by atoms with E-state index in [-0.39, 0.29) is 0 Å². The van der Waals surface area contributed by atoms with E-state index in [4.69, 9.17) is 30.5 Å². The molecule has 0 amide bonds. The van der Waals surface area contributed by atoms with E-state index in [9.17, 15) is 4.79 Å². The van der Waals surface area contributed by atoms with Crippen molar-refractivity contribution < 1.29 is 23.7 Å². The lowest BCUT2D eigenvalue weighted by molar-refractivity contribution is -0.149. The van der Waals surface area contributed by atoms with E-state index in [0.717, 1.165) is 0 Å². The molecule has 0 N–H and O–H groups in total. The van der Waals surface area contributed by atoms with Gasteiger partial charge >= 0.3 is 5.97 Å². The minimum Gasteiger partial charge on any atom is -0.478 e. The molecule has 20 heavy (non-hydrogen) atoms. The predicted molar refractivity (Wildman–Crippen MR) is 72.2 cm³/mol. The normalized spacial score (nSPS) is 15.3. The molecular formula is C14H15ClO5. The Morgan fingerprint density at radius 1 is 1.40 bits per heavy atom. The number of ether oxygens (including phenoxy) is 4. The summed E-state index contributed by atoms with van der Waals surface area (Å²) in [6, 6.07) is 5.03. The molecule has 0 fully saturated rings. The van der Waals surface area contributed by atoms with Gasteiger partial charge in [0, 0.05) is 5.02 Å². The molecule has 0 aliphatic carbocycles. The van der Waals surface area contributed by atoms with Crippen LogP contribution < -0.4 is 4.74 Å². The number of carbonyl (C=O) groups is 1. The lowest BCUT2D eigenvalue weighted by atomic mass is 10.2. The molecule has 0 bridgehead atoms. The number of halogens is 1. The maximum atomic E-state index is 11.6. The molecule has 1 unspecified atom stereocenters. The van der Waals surface area contributed by atoms with Crippen LogP contribution in [0.1, 0.15) is 25.2 Å². The molecule has 1 aliphatic heterocycles. The highest BCUT2D eigenvalue weighted by Crippen LogP contribution is 2.34. The van der Waals surface area contributed by atoms with E-state index >= 15 is 0 Å². The molecule has 6 heteroatoms. The van der Waals surface area contributed by atoms with E-state index < -0.39 is 18.4 Å². The van der Waals surface area contributed by atoms with Crippen molar-refractivity contribution in [1.29, 1.82) is 0 Å². The Kier molecular flexibility index (Phi) is 4.74. The fourth-order valence-electron chi connectivity index (χ4n) is 1.78. The first kappa shape index (κ1) is 14.5. The topological polar surface area (TPSA) is 54.0 Å². The van der Waals surface area contributed by atoms with Gasteiger partial charge in [-0.2, -0.15) is 0 Å². The molecule has 1 aromatic carbocycles. The molecule has 0 spiro atoms. The zero-order valence-corrected chi connectivity index (χ0v) is 11.9. The largest absolute Gasteiger partial charge is 0.478 e. The average molecular weight is 299 g/mol. The number of esters is 1. The van der Waals surface area contributed by atoms with Crippen molar-refractivity contribution in [2.75, 3.05) is 7.11 Å². The van der Waals surface area contributed by atoms with Crippen molar-refractivity contribution in [2.45, 2.75) is 25.7 Å². The van der Waals surface area contributed by atoms with E-state index in [0.29, 0.717) is 22.8 Å². The van der Waals surface area contributed by atoms with Gasteiger partial charge in [0.2, 0.25) is 0 Å². The maximum Gasteiger partial charge on any atom is 0.347 e. The summed E-state index contributed by atoms with van der Waals surface area (Å²) >= 11 is 5.98. The number of methoxy groups -OCH3 is 1. The van der Waals surface area contributed by atoms with Crippen LogP contribution in [-0.4, -0.2) is 19.2 Å². The van der Waals surface area contributed by atoms with Crippen LogP contribution in [0, 0.1) is 0 Å². The lowest BCUT2D eigenvalue weighted by Crippen LogP contribution is -2.28. The second kappa shape index (κ2) is 6.52. The van der Waals surface area contributed by atoms with Gasteiger partial charge in [0.15, 0.2) is 6.10 Å². The quantitative estimate of drug-likeness (QED) is 0.781. The summed E-state index contributed by atoms with van der Waals surface area (Å²) in [6.07, 6.45) is 2.05. The van der Waals surface area contributed by atoms with Gasteiger partial charge in [0.1, 0.15) is 18.3 Å². The van der Waals surface area contributed by atoms with Crippen LogP contribution in [-0.2, 0) is 19.0 Å². The third kappa shape index (κ3) is 3.17. The van der Waals surface area contributed by atoms with Crippen molar-refractivity contribution in [1.82, 2.24) is 0 Å². The van der Waals surface area contributed by atoms with Gasteiger partial charge in [0.05, 0.1) is 12.7 Å². The molecule has 1 atom stereocenters. The standard InChI is InChI=1S/C14H15ClO5/c1-3-11(13(16)17-2)20-12-5-4-9(15)8-10(12)14-18-6-7-19-14/h4-8,11,14H,3H2,1-2H3. The number of benzene rings is 1. The molecule has 1 aromatic rings. The van der Waals surface area contributed by atoms with Crippen LogP contribution >= 0.6 is 11.6 Å². The molecule has 0 saturated heterocycles. The van der Waals surface area contributed by atoms with Crippen molar-refractivity contribution in [3.05, 3.63) is 41.3 Å². The van der Waals surface area contributed by atoms with Gasteiger partial charge in [-0.25, -0.2) is 4.79 Å². The van der Waals surface area contributed by atoms with Crippen LogP contribution in [0.2, 0.25) is 5.02 Å². The molecular weight excluding hydrogens is 284 g/mol. The predicted octanol–water partition coefficient (Wildman–Crippen LogP) is 3.19. The number of hydrogen-bond donors (Lipinski definition) is 0. The van der Waals surface area contributed by atoms with Gasteiger partial charge in [-0.3, -0.25) is 0 Å². The Morgan fingerprint density at radius 3 is 2.70 bits per heavy atom. The molecule has 0 aromatic heterocycles. The minimum atomic E-state index is -0.686. The number of carbonyl (C=O) groups excluding carboxylic acids is 1. The van der Waals surface area contributed by atoms with Crippen LogP contribution in [0.5, 0.6) is 5.75 Å². The van der Waals surface area contributed by atoms with E-state index in [1.807, 2.05) is 6.92 Å². The maximum absolute atomic E-state index is 11.6. The van der Waals surface area contributed by atoms with Crippen LogP contribution in [0.3, 0.4) is 0 Å². The summed E-state index contributed by atoms with van der Waals surface area (Å²) in [5.41, 5.74) is 0.616. The summed E-state index contributed by atoms with van der Waals surface area (Å²) in [6.45, 7) is 1.83. The van der Waals surface area contributed by atoms with Crippen molar-refractivity contribution in [2.24, 2.45) is 0 Å². The summed E-state index contributed by atoms with van der Waals surface area (Å²) in [5, 5.41) is 0.526. The smallest absolute Gasteiger partial charge is 0.347 e. The van der Waals surface area contributed by atoms with Crippen LogP contribution in [0.15, 0.2) is 30.7 Å². The average Bonchev–Trinajstić information content (AvgIpc) is 2.99. The second-order valence-corrected chi connectivity index (χ2v) is 4.53. The van der Waals surface area contributed by atoms with Gasteiger partial charge < -0.3 is 18.9 Å². The lowest BCUT2D eigenvalue weighted by Gasteiger charge is -2.20. The van der Waals surface area contributed by atoms with Crippen LogP contribution in [0.4, 0.5) is 0 Å². The first-order valence-corrected chi connectivity index (χ1v) is 6.53. The third-order valence-corrected chi connectivity index (χ3v) is 3.02. The number of hydrogen-bond acceptors (Lipinski definition) is 5. The highest BCUT2D eigenvalue weighted by molar-refractivity contribution is 6.30. The second-order valence-electron chi connectivity index (χ2n) is 4.10. The van der Waals surface area contributed by atoms with Crippen molar-refractivity contribution in [3.63, 3.8) is 0 Å².